The highest BCUT2D eigenvalue weighted by Crippen LogP contribution is 2.42. The molecule has 2 saturated heterocycles. The number of aromatic nitrogens is 5. The number of ether oxygens (including phenoxy) is 1. The number of hydrogen-bond acceptors (Lipinski definition) is 6. The summed E-state index contributed by atoms with van der Waals surface area (Å²) in [5, 5.41) is 12.8. The Morgan fingerprint density at radius 3 is 2.76 bits per heavy atom. The van der Waals surface area contributed by atoms with E-state index in [1.165, 1.54) is 12.1 Å². The number of rotatable bonds is 5. The van der Waals surface area contributed by atoms with Crippen LogP contribution >= 0.6 is 11.6 Å². The molecule has 11 heteroatoms. The molecule has 0 aliphatic carbocycles. The maximum absolute atomic E-state index is 14.5. The number of fused-ring (bicyclic) bond motifs is 3. The third-order valence-electron chi connectivity index (χ3n) is 8.75. The van der Waals surface area contributed by atoms with Gasteiger partial charge in [-0.2, -0.15) is 5.10 Å². The molecule has 7 rings (SSSR count). The summed E-state index contributed by atoms with van der Waals surface area (Å²) >= 11 is 6.21. The minimum absolute atomic E-state index is 0.0192. The number of aromatic amines is 1. The first-order valence-corrected chi connectivity index (χ1v) is 14.8. The second-order valence-electron chi connectivity index (χ2n) is 11.3. The summed E-state index contributed by atoms with van der Waals surface area (Å²) in [6.07, 6.45) is 9.42. The Bertz CT molecular complexity index is 1760. The molecule has 9 nitrogen and oxygen atoms in total. The lowest BCUT2D eigenvalue weighted by Crippen LogP contribution is -2.51. The number of piperidine rings is 2. The molecule has 2 aliphatic heterocycles. The van der Waals surface area contributed by atoms with Crippen LogP contribution in [0.4, 0.5) is 10.2 Å². The molecule has 1 N–H and O–H groups in total. The molecule has 0 atom stereocenters. The number of benzene rings is 1. The number of nitrogens with zero attached hydrogens (tertiary/aromatic N) is 6. The molecule has 4 aromatic heterocycles. The Morgan fingerprint density at radius 1 is 1.14 bits per heavy atom. The van der Waals surface area contributed by atoms with E-state index in [9.17, 15) is 9.18 Å². The predicted octanol–water partition coefficient (Wildman–Crippen LogP) is 5.99. The van der Waals surface area contributed by atoms with Gasteiger partial charge in [0, 0.05) is 43.5 Å². The van der Waals surface area contributed by atoms with E-state index in [0.717, 1.165) is 78.0 Å². The van der Waals surface area contributed by atoms with E-state index in [4.69, 9.17) is 21.3 Å². The molecule has 0 unspecified atom stereocenters. The lowest BCUT2D eigenvalue weighted by Gasteiger charge is -2.48. The summed E-state index contributed by atoms with van der Waals surface area (Å²) in [5.74, 6) is 0.782. The summed E-state index contributed by atoms with van der Waals surface area (Å²) in [4.78, 5) is 22.2. The van der Waals surface area contributed by atoms with Crippen LogP contribution in [-0.2, 0) is 0 Å². The Balaban J connectivity index is 1.08. The predicted molar refractivity (Wildman–Crippen MR) is 160 cm³/mol. The number of H-pyrrole nitrogens is 1. The molecule has 5 aromatic rings. The van der Waals surface area contributed by atoms with E-state index in [2.05, 4.69) is 32.3 Å². The van der Waals surface area contributed by atoms with Gasteiger partial charge in [-0.3, -0.25) is 9.89 Å². The molecule has 42 heavy (non-hydrogen) atoms. The summed E-state index contributed by atoms with van der Waals surface area (Å²) in [6, 6.07) is 10.6. The van der Waals surface area contributed by atoms with Crippen LogP contribution < -0.4 is 9.64 Å². The first-order valence-electron chi connectivity index (χ1n) is 14.4. The topological polar surface area (TPSA) is 91.6 Å². The van der Waals surface area contributed by atoms with Gasteiger partial charge in [-0.1, -0.05) is 17.7 Å². The zero-order valence-corrected chi connectivity index (χ0v) is 24.1. The third kappa shape index (κ3) is 4.63. The number of pyridine rings is 2. The van der Waals surface area contributed by atoms with Gasteiger partial charge in [0.15, 0.2) is 5.65 Å². The van der Waals surface area contributed by atoms with Crippen molar-refractivity contribution in [1.29, 1.82) is 0 Å². The first kappa shape index (κ1) is 26.7. The summed E-state index contributed by atoms with van der Waals surface area (Å²) < 4.78 is 22.1. The fraction of sp³-hybridized carbons (Fsp3) is 0.355. The van der Waals surface area contributed by atoms with E-state index in [-0.39, 0.29) is 21.9 Å². The Kier molecular flexibility index (Phi) is 6.73. The van der Waals surface area contributed by atoms with Gasteiger partial charge in [0.25, 0.3) is 5.91 Å². The Hall–Kier alpha value is -4.18. The molecule has 1 spiro atoms. The minimum atomic E-state index is -0.566. The van der Waals surface area contributed by atoms with E-state index < -0.39 is 5.82 Å². The molecular weight excluding hydrogens is 557 g/mol. The van der Waals surface area contributed by atoms with Gasteiger partial charge < -0.3 is 14.5 Å². The smallest absolute Gasteiger partial charge is 0.258 e. The molecule has 0 radical (unpaired) electrons. The summed E-state index contributed by atoms with van der Waals surface area (Å²) in [5.41, 5.74) is 3.61. The fourth-order valence-electron chi connectivity index (χ4n) is 6.60. The van der Waals surface area contributed by atoms with Crippen LogP contribution in [0.3, 0.4) is 0 Å². The first-order chi connectivity index (χ1) is 20.4. The van der Waals surface area contributed by atoms with E-state index in [0.29, 0.717) is 19.7 Å². The van der Waals surface area contributed by atoms with Gasteiger partial charge in [-0.05, 0) is 68.4 Å². The minimum Gasteiger partial charge on any atom is -0.492 e. The maximum atomic E-state index is 14.5. The number of carbonyl (C=O) groups excluding carboxylic acids is 1. The number of nitrogens with one attached hydrogen (secondary N) is 1. The van der Waals surface area contributed by atoms with Crippen molar-refractivity contribution in [1.82, 2.24) is 29.7 Å². The molecule has 1 amide bonds. The lowest BCUT2D eigenvalue weighted by molar-refractivity contribution is 0.0430. The maximum Gasteiger partial charge on any atom is 0.258 e. The summed E-state index contributed by atoms with van der Waals surface area (Å²) in [7, 11) is 0. The van der Waals surface area contributed by atoms with Gasteiger partial charge in [0.2, 0.25) is 0 Å². The van der Waals surface area contributed by atoms with Crippen molar-refractivity contribution in [2.24, 2.45) is 5.41 Å². The molecular formula is C31H31ClFN7O2. The molecule has 0 saturated carbocycles. The van der Waals surface area contributed by atoms with Crippen molar-refractivity contribution in [3.63, 3.8) is 0 Å². The molecule has 0 bridgehead atoms. The Labute approximate surface area is 247 Å². The monoisotopic (exact) mass is 587 g/mol. The molecule has 216 valence electrons. The van der Waals surface area contributed by atoms with Crippen LogP contribution in [0.5, 0.6) is 5.75 Å². The molecule has 6 heterocycles. The van der Waals surface area contributed by atoms with Crippen LogP contribution in [0.25, 0.3) is 27.7 Å². The number of anilines is 1. The second-order valence-corrected chi connectivity index (χ2v) is 11.7. The SMILES string of the molecule is CCOc1cc(-c2ccc(N3CCC4(CCCN(C(=O)c5c(F)cccc5Cl)C4)CC3)nc2)c2c3cn[nH]c3nn2c1. The quantitative estimate of drug-likeness (QED) is 0.272. The van der Waals surface area contributed by atoms with Gasteiger partial charge in [0.05, 0.1) is 40.5 Å². The average molecular weight is 588 g/mol. The number of hydrogen-bond donors (Lipinski definition) is 1. The molecule has 2 fully saturated rings. The number of likely N-dealkylation sites (tertiary alicyclic amines) is 1. The van der Waals surface area contributed by atoms with Crippen molar-refractivity contribution >= 4 is 39.9 Å². The van der Waals surface area contributed by atoms with E-state index in [1.54, 1.807) is 17.2 Å². The number of amides is 1. The molecule has 2 aliphatic rings. The molecule has 1 aromatic carbocycles. The average Bonchev–Trinajstić information content (AvgIpc) is 3.59. The van der Waals surface area contributed by atoms with Crippen molar-refractivity contribution in [3.05, 3.63) is 71.4 Å². The highest BCUT2D eigenvalue weighted by atomic mass is 35.5. The van der Waals surface area contributed by atoms with E-state index >= 15 is 0 Å². The van der Waals surface area contributed by atoms with Gasteiger partial charge in [-0.15, -0.1) is 5.10 Å². The standard InChI is InChI=1S/C31H31ClFN7O2/c1-2-42-21-15-22(28-23-17-35-36-29(23)37-40(28)18-21)20-7-8-26(34-16-20)38-13-10-31(11-14-38)9-4-12-39(19-31)30(41)27-24(32)5-3-6-25(27)33/h3,5-8,15-18H,2,4,9-14,19H2,1H3,(H,36,37). The lowest BCUT2D eigenvalue weighted by atomic mass is 9.72. The fourth-order valence-corrected chi connectivity index (χ4v) is 6.84. The third-order valence-corrected chi connectivity index (χ3v) is 9.06. The van der Waals surface area contributed by atoms with Crippen molar-refractivity contribution in [2.75, 3.05) is 37.7 Å². The van der Waals surface area contributed by atoms with Crippen molar-refractivity contribution in [3.8, 4) is 16.9 Å². The number of halogens is 2. The van der Waals surface area contributed by atoms with Crippen LogP contribution in [0.15, 0.2) is 55.0 Å². The number of carbonyl (C=O) groups is 1. The highest BCUT2D eigenvalue weighted by molar-refractivity contribution is 6.33. The van der Waals surface area contributed by atoms with Crippen LogP contribution in [0, 0.1) is 11.2 Å². The van der Waals surface area contributed by atoms with Crippen LogP contribution in [0.2, 0.25) is 5.02 Å². The van der Waals surface area contributed by atoms with Crippen LogP contribution in [0.1, 0.15) is 43.0 Å². The normalized spacial score (nSPS) is 16.9. The highest BCUT2D eigenvalue weighted by Gasteiger charge is 2.40. The van der Waals surface area contributed by atoms with Gasteiger partial charge in [-0.25, -0.2) is 13.9 Å². The van der Waals surface area contributed by atoms with E-state index in [1.807, 2.05) is 29.9 Å². The van der Waals surface area contributed by atoms with Crippen LogP contribution in [-0.4, -0.2) is 68.4 Å². The van der Waals surface area contributed by atoms with Crippen molar-refractivity contribution < 1.29 is 13.9 Å². The van der Waals surface area contributed by atoms with Gasteiger partial charge >= 0.3 is 0 Å². The van der Waals surface area contributed by atoms with Crippen molar-refractivity contribution in [2.45, 2.75) is 32.6 Å². The Morgan fingerprint density at radius 2 is 2.00 bits per heavy atom. The van der Waals surface area contributed by atoms with Gasteiger partial charge in [0.1, 0.15) is 17.4 Å². The second kappa shape index (κ2) is 10.6. The summed E-state index contributed by atoms with van der Waals surface area (Å²) in [6.45, 7) is 5.45. The zero-order chi connectivity index (χ0) is 28.8. The zero-order valence-electron chi connectivity index (χ0n) is 23.3. The largest absolute Gasteiger partial charge is 0.492 e.